The van der Waals surface area contributed by atoms with Crippen LogP contribution in [0.4, 0.5) is 5.82 Å². The number of piperazine rings is 1. The highest BCUT2D eigenvalue weighted by molar-refractivity contribution is 6.32. The van der Waals surface area contributed by atoms with Crippen LogP contribution in [0.1, 0.15) is 71.1 Å². The molecule has 18 heteroatoms. The van der Waals surface area contributed by atoms with Gasteiger partial charge >= 0.3 is 6.73 Å². The van der Waals surface area contributed by atoms with Crippen molar-refractivity contribution in [3.05, 3.63) is 129 Å². The minimum atomic E-state index is -0.105. The van der Waals surface area contributed by atoms with Gasteiger partial charge in [-0.05, 0) is 137 Å². The SMILES string of the molecule is CNC(=O)COC1CCC(Nc2c(CCc3ccc(OC)c(Cl)c3)nc3cc(-c4c(C)o[n+](COc5ccc(CCc6cc7nc(-c8c(C)noc8C)ccc7n6CCN6CCN(CCN)CC6)cc5)c4C)ccn23)CC1. The molecule has 2 aliphatic rings. The van der Waals surface area contributed by atoms with E-state index < -0.39 is 0 Å². The van der Waals surface area contributed by atoms with Gasteiger partial charge in [0, 0.05) is 95.9 Å². The summed E-state index contributed by atoms with van der Waals surface area (Å²) in [6.45, 7) is 16.0. The zero-order valence-corrected chi connectivity index (χ0v) is 46.1. The molecule has 0 unspecified atom stereocenters. The van der Waals surface area contributed by atoms with Crippen molar-refractivity contribution in [1.82, 2.24) is 39.2 Å². The third-order valence-electron chi connectivity index (χ3n) is 15.6. The average molecular weight is 1070 g/mol. The number of pyridine rings is 2. The van der Waals surface area contributed by atoms with Crippen molar-refractivity contribution in [3.63, 3.8) is 0 Å². The van der Waals surface area contributed by atoms with Gasteiger partial charge in [-0.25, -0.2) is 14.5 Å². The Hall–Kier alpha value is -6.76. The van der Waals surface area contributed by atoms with Crippen LogP contribution in [0.15, 0.2) is 88.0 Å². The molecule has 7 heterocycles. The number of anilines is 1. The third-order valence-corrected chi connectivity index (χ3v) is 15.9. The summed E-state index contributed by atoms with van der Waals surface area (Å²) in [6.07, 6.45) is 8.96. The molecule has 8 aromatic rings. The summed E-state index contributed by atoms with van der Waals surface area (Å²) < 4.78 is 36.0. The van der Waals surface area contributed by atoms with Crippen LogP contribution in [0.2, 0.25) is 5.02 Å². The molecule has 2 aromatic carbocycles. The molecule has 0 spiro atoms. The first-order valence-electron chi connectivity index (χ1n) is 27.2. The van der Waals surface area contributed by atoms with E-state index in [9.17, 15) is 4.79 Å². The van der Waals surface area contributed by atoms with Crippen LogP contribution in [0, 0.1) is 27.7 Å². The monoisotopic (exact) mass is 1070 g/mol. The fourth-order valence-corrected chi connectivity index (χ4v) is 11.5. The van der Waals surface area contributed by atoms with Gasteiger partial charge < -0.3 is 39.7 Å². The van der Waals surface area contributed by atoms with E-state index in [1.54, 1.807) is 14.2 Å². The summed E-state index contributed by atoms with van der Waals surface area (Å²) in [5, 5.41) is 11.3. The van der Waals surface area contributed by atoms with Crippen LogP contribution < -0.4 is 30.6 Å². The first-order chi connectivity index (χ1) is 37.4. The van der Waals surface area contributed by atoms with Gasteiger partial charge in [-0.3, -0.25) is 19.0 Å². The van der Waals surface area contributed by atoms with Crippen LogP contribution in [0.5, 0.6) is 11.5 Å². The number of nitrogens with zero attached hydrogens (tertiary/aromatic N) is 8. The van der Waals surface area contributed by atoms with Crippen molar-refractivity contribution in [3.8, 4) is 33.9 Å². The number of nitrogens with one attached hydrogen (secondary N) is 2. The number of imidazole rings is 1. The van der Waals surface area contributed by atoms with E-state index >= 15 is 0 Å². The first-order valence-corrected chi connectivity index (χ1v) is 27.5. The maximum absolute atomic E-state index is 11.8. The highest BCUT2D eigenvalue weighted by Crippen LogP contribution is 2.34. The number of aromatic nitrogens is 6. The summed E-state index contributed by atoms with van der Waals surface area (Å²) in [4.78, 5) is 27.2. The van der Waals surface area contributed by atoms with Crippen LogP contribution in [0.25, 0.3) is 39.1 Å². The molecule has 77 heavy (non-hydrogen) atoms. The summed E-state index contributed by atoms with van der Waals surface area (Å²) >= 11 is 6.53. The molecule has 1 amide bonds. The molecule has 1 saturated carbocycles. The molecule has 406 valence electrons. The molecule has 0 atom stereocenters. The minimum absolute atomic E-state index is 0.0664. The van der Waals surface area contributed by atoms with E-state index in [1.165, 1.54) is 11.3 Å². The number of rotatable bonds is 22. The van der Waals surface area contributed by atoms with Gasteiger partial charge in [0.05, 0.1) is 57.5 Å². The number of aryl methyl sites for hydroxylation is 7. The molecule has 10 rings (SSSR count). The maximum atomic E-state index is 11.8. The number of fused-ring (bicyclic) bond motifs is 2. The van der Waals surface area contributed by atoms with Crippen LogP contribution in [0.3, 0.4) is 0 Å². The Morgan fingerprint density at radius 1 is 0.831 bits per heavy atom. The van der Waals surface area contributed by atoms with Crippen molar-refractivity contribution >= 4 is 40.0 Å². The molecule has 1 aliphatic carbocycles. The molecular weight excluding hydrogens is 994 g/mol. The number of carbonyl (C=O) groups is 1. The standard InChI is InChI=1S/C59H72ClN11O6/c1-38-57(40(3)76-66-38)50-20-21-53-52(64-50)35-46(69(53)32-31-68-29-27-67(26-24-61)28-30-68)14-7-42-8-15-48(16-9-42)75-37-71-39(2)58(41(4)77-71)44-23-25-70-55(34-44)65-51(19-10-43-11-22-54(73-6)49(60)33-43)59(70)63-45-12-17-47(18-13-45)74-36-56(72)62-5/h8-9,11,15-16,20-23,25,33-35,45,47,63H,7,10,12-14,17-19,24,26-32,36-37,61H2,1-6H3/p+1. The van der Waals surface area contributed by atoms with Crippen molar-refractivity contribution in [2.75, 3.05) is 71.9 Å². The van der Waals surface area contributed by atoms with Crippen molar-refractivity contribution in [1.29, 1.82) is 0 Å². The number of carbonyl (C=O) groups excluding carboxylic acids is 1. The van der Waals surface area contributed by atoms with E-state index in [1.807, 2.05) is 49.8 Å². The number of nitrogens with two attached hydrogens (primary N) is 1. The van der Waals surface area contributed by atoms with Crippen molar-refractivity contribution < 1.29 is 32.8 Å². The van der Waals surface area contributed by atoms with Gasteiger partial charge in [-0.2, -0.15) is 0 Å². The number of amides is 1. The molecule has 0 bridgehead atoms. The van der Waals surface area contributed by atoms with Gasteiger partial charge in [0.25, 0.3) is 0 Å². The fourth-order valence-electron chi connectivity index (χ4n) is 11.2. The van der Waals surface area contributed by atoms with E-state index in [-0.39, 0.29) is 31.4 Å². The van der Waals surface area contributed by atoms with Crippen LogP contribution in [-0.4, -0.2) is 119 Å². The van der Waals surface area contributed by atoms with Crippen LogP contribution in [-0.2, 0) is 48.5 Å². The number of likely N-dealkylation sites (N-methyl/N-ethyl adjacent to an activating group) is 1. The second kappa shape index (κ2) is 24.3. The summed E-state index contributed by atoms with van der Waals surface area (Å²) in [7, 11) is 3.26. The Kier molecular flexibility index (Phi) is 16.9. The number of ether oxygens (including phenoxy) is 3. The van der Waals surface area contributed by atoms with E-state index in [0.717, 1.165) is 176 Å². The Bertz CT molecular complexity index is 3290. The molecule has 17 nitrogen and oxygen atoms in total. The van der Waals surface area contributed by atoms with Crippen LogP contribution >= 0.6 is 11.6 Å². The lowest BCUT2D eigenvalue weighted by Crippen LogP contribution is -2.48. The lowest BCUT2D eigenvalue weighted by atomic mass is 9.93. The first kappa shape index (κ1) is 53.6. The maximum Gasteiger partial charge on any atom is 0.335 e. The van der Waals surface area contributed by atoms with Crippen molar-refractivity contribution in [2.45, 2.75) is 104 Å². The number of methoxy groups -OCH3 is 1. The lowest BCUT2D eigenvalue weighted by Gasteiger charge is -2.34. The summed E-state index contributed by atoms with van der Waals surface area (Å²) in [5.41, 5.74) is 19.1. The summed E-state index contributed by atoms with van der Waals surface area (Å²) in [5.74, 6) is 3.87. The number of benzene rings is 2. The largest absolute Gasteiger partial charge is 0.495 e. The smallest absolute Gasteiger partial charge is 0.335 e. The predicted octanol–water partition coefficient (Wildman–Crippen LogP) is 8.45. The van der Waals surface area contributed by atoms with E-state index in [0.29, 0.717) is 23.7 Å². The number of halogens is 1. The zero-order chi connectivity index (χ0) is 53.6. The summed E-state index contributed by atoms with van der Waals surface area (Å²) in [6, 6.07) is 25.4. The average Bonchev–Trinajstić information content (AvgIpc) is 4.26. The van der Waals surface area contributed by atoms with Gasteiger partial charge in [0.2, 0.25) is 11.6 Å². The molecule has 1 saturated heterocycles. The van der Waals surface area contributed by atoms with Gasteiger partial charge in [-0.15, -0.1) is 0 Å². The Labute approximate surface area is 455 Å². The minimum Gasteiger partial charge on any atom is -0.495 e. The third kappa shape index (κ3) is 12.3. The normalized spacial score (nSPS) is 16.4. The lowest BCUT2D eigenvalue weighted by molar-refractivity contribution is -0.886. The van der Waals surface area contributed by atoms with E-state index in [4.69, 9.17) is 50.6 Å². The van der Waals surface area contributed by atoms with Gasteiger partial charge in [0.1, 0.15) is 35.3 Å². The Balaban J connectivity index is 0.810. The Morgan fingerprint density at radius 3 is 2.30 bits per heavy atom. The molecule has 2 fully saturated rings. The fraction of sp³-hybridized carbons (Fsp3) is 0.441. The quantitative estimate of drug-likeness (QED) is 0.0551. The molecule has 4 N–H and O–H groups in total. The molecule has 1 aliphatic heterocycles. The second-order valence-electron chi connectivity index (χ2n) is 20.6. The number of hydrogen-bond acceptors (Lipinski definition) is 13. The highest BCUT2D eigenvalue weighted by Gasteiger charge is 2.28. The molecule has 0 radical (unpaired) electrons. The highest BCUT2D eigenvalue weighted by atomic mass is 35.5. The van der Waals surface area contributed by atoms with Gasteiger partial charge in [-0.1, -0.05) is 35.0 Å². The second-order valence-corrected chi connectivity index (χ2v) is 21.0. The van der Waals surface area contributed by atoms with E-state index in [2.05, 4.69) is 96.2 Å². The molecule has 6 aromatic heterocycles. The Morgan fingerprint density at radius 2 is 1.58 bits per heavy atom. The van der Waals surface area contributed by atoms with Gasteiger partial charge in [0.15, 0.2) is 5.76 Å². The number of hydrogen-bond donors (Lipinski definition) is 3. The predicted molar refractivity (Wildman–Crippen MR) is 299 cm³/mol. The zero-order valence-electron chi connectivity index (χ0n) is 45.4. The topological polar surface area (TPSA) is 179 Å². The molecular formula is C59H73ClN11O6+. The van der Waals surface area contributed by atoms with Crippen molar-refractivity contribution in [2.24, 2.45) is 5.73 Å².